The van der Waals surface area contributed by atoms with E-state index in [4.69, 9.17) is 0 Å². The molecule has 0 saturated carbocycles. The fourth-order valence-corrected chi connectivity index (χ4v) is 3.69. The maximum Gasteiger partial charge on any atom is 0.269 e. The number of hydrogen-bond acceptors (Lipinski definition) is 6. The van der Waals surface area contributed by atoms with Crippen molar-refractivity contribution in [3.63, 3.8) is 0 Å². The number of nitrogens with zero attached hydrogens (tertiary/aromatic N) is 5. The van der Waals surface area contributed by atoms with Gasteiger partial charge < -0.3 is 4.90 Å². The molecule has 29 heavy (non-hydrogen) atoms. The van der Waals surface area contributed by atoms with E-state index in [1.807, 2.05) is 30.3 Å². The van der Waals surface area contributed by atoms with Gasteiger partial charge in [0, 0.05) is 50.4 Å². The van der Waals surface area contributed by atoms with Crippen molar-refractivity contribution in [2.75, 3.05) is 44.2 Å². The molecule has 0 N–H and O–H groups in total. The SMILES string of the molecule is O=C(CN1CCN(c2ccc([N+](=O)[O-])cc2)CC1)N1CCC(c2ccccc2)=N1. The Kier molecular flexibility index (Phi) is 5.53. The second kappa shape index (κ2) is 8.40. The molecule has 0 aromatic heterocycles. The fourth-order valence-electron chi connectivity index (χ4n) is 3.69. The zero-order valence-electron chi connectivity index (χ0n) is 16.1. The zero-order valence-corrected chi connectivity index (χ0v) is 16.1. The van der Waals surface area contributed by atoms with E-state index in [9.17, 15) is 14.9 Å². The Bertz CT molecular complexity index is 906. The number of rotatable bonds is 5. The fraction of sp³-hybridized carbons (Fsp3) is 0.333. The van der Waals surface area contributed by atoms with Crippen LogP contribution < -0.4 is 4.90 Å². The second-order valence-electron chi connectivity index (χ2n) is 7.22. The highest BCUT2D eigenvalue weighted by molar-refractivity contribution is 6.02. The van der Waals surface area contributed by atoms with Crippen molar-refractivity contribution in [2.45, 2.75) is 6.42 Å². The van der Waals surface area contributed by atoms with E-state index in [1.165, 1.54) is 12.1 Å². The van der Waals surface area contributed by atoms with Crippen LogP contribution >= 0.6 is 0 Å². The monoisotopic (exact) mass is 393 g/mol. The van der Waals surface area contributed by atoms with Crippen molar-refractivity contribution in [1.82, 2.24) is 9.91 Å². The molecule has 0 bridgehead atoms. The molecular formula is C21H23N5O3. The molecule has 0 atom stereocenters. The molecule has 8 nitrogen and oxygen atoms in total. The lowest BCUT2D eigenvalue weighted by Gasteiger charge is -2.36. The minimum Gasteiger partial charge on any atom is -0.369 e. The number of piperazine rings is 1. The summed E-state index contributed by atoms with van der Waals surface area (Å²) in [5, 5.41) is 16.9. The van der Waals surface area contributed by atoms with E-state index in [2.05, 4.69) is 14.9 Å². The first kappa shape index (κ1) is 19.1. The third-order valence-electron chi connectivity index (χ3n) is 5.35. The van der Waals surface area contributed by atoms with Crippen LogP contribution in [0.5, 0.6) is 0 Å². The first-order chi connectivity index (χ1) is 14.1. The summed E-state index contributed by atoms with van der Waals surface area (Å²) in [6, 6.07) is 16.6. The highest BCUT2D eigenvalue weighted by Crippen LogP contribution is 2.21. The van der Waals surface area contributed by atoms with Gasteiger partial charge in [-0.2, -0.15) is 5.10 Å². The molecule has 2 heterocycles. The lowest BCUT2D eigenvalue weighted by atomic mass is 10.1. The number of amides is 1. The van der Waals surface area contributed by atoms with E-state index in [0.29, 0.717) is 13.1 Å². The number of carbonyl (C=O) groups is 1. The van der Waals surface area contributed by atoms with Gasteiger partial charge in [0.05, 0.1) is 23.7 Å². The lowest BCUT2D eigenvalue weighted by Crippen LogP contribution is -2.49. The van der Waals surface area contributed by atoms with Crippen LogP contribution in [0, 0.1) is 10.1 Å². The van der Waals surface area contributed by atoms with E-state index < -0.39 is 4.92 Å². The van der Waals surface area contributed by atoms with Gasteiger partial charge in [0.15, 0.2) is 0 Å². The van der Waals surface area contributed by atoms with Gasteiger partial charge in [-0.25, -0.2) is 5.01 Å². The summed E-state index contributed by atoms with van der Waals surface area (Å²) in [5.41, 5.74) is 3.10. The Balaban J connectivity index is 1.29. The van der Waals surface area contributed by atoms with Gasteiger partial charge in [0.25, 0.3) is 11.6 Å². The number of nitro benzene ring substituents is 1. The second-order valence-corrected chi connectivity index (χ2v) is 7.22. The molecule has 2 aromatic rings. The Morgan fingerprint density at radius 2 is 1.66 bits per heavy atom. The van der Waals surface area contributed by atoms with Gasteiger partial charge in [-0.15, -0.1) is 0 Å². The first-order valence-corrected chi connectivity index (χ1v) is 9.75. The third-order valence-corrected chi connectivity index (χ3v) is 5.35. The summed E-state index contributed by atoms with van der Waals surface area (Å²) in [6.07, 6.45) is 0.781. The number of nitro groups is 1. The predicted molar refractivity (Wildman–Crippen MR) is 111 cm³/mol. The van der Waals surface area contributed by atoms with Crippen LogP contribution in [0.25, 0.3) is 0 Å². The van der Waals surface area contributed by atoms with Gasteiger partial charge in [0.1, 0.15) is 0 Å². The molecule has 8 heteroatoms. The molecule has 0 unspecified atom stereocenters. The van der Waals surface area contributed by atoms with Crippen LogP contribution in [-0.2, 0) is 4.79 Å². The number of benzene rings is 2. The van der Waals surface area contributed by atoms with Crippen molar-refractivity contribution < 1.29 is 9.72 Å². The summed E-state index contributed by atoms with van der Waals surface area (Å²) in [4.78, 5) is 27.4. The summed E-state index contributed by atoms with van der Waals surface area (Å²) in [7, 11) is 0. The Morgan fingerprint density at radius 3 is 2.31 bits per heavy atom. The van der Waals surface area contributed by atoms with Crippen molar-refractivity contribution >= 4 is 23.0 Å². The van der Waals surface area contributed by atoms with Gasteiger partial charge in [-0.3, -0.25) is 19.8 Å². The van der Waals surface area contributed by atoms with Crippen LogP contribution in [0.1, 0.15) is 12.0 Å². The maximum absolute atomic E-state index is 12.6. The zero-order chi connectivity index (χ0) is 20.2. The summed E-state index contributed by atoms with van der Waals surface area (Å²) in [6.45, 7) is 4.09. The van der Waals surface area contributed by atoms with Crippen molar-refractivity contribution in [3.05, 3.63) is 70.3 Å². The number of anilines is 1. The largest absolute Gasteiger partial charge is 0.369 e. The lowest BCUT2D eigenvalue weighted by molar-refractivity contribution is -0.384. The van der Waals surface area contributed by atoms with Crippen LogP contribution in [0.2, 0.25) is 0 Å². The Labute approximate surface area is 169 Å². The van der Waals surface area contributed by atoms with Crippen LogP contribution in [0.4, 0.5) is 11.4 Å². The number of carbonyl (C=O) groups excluding carboxylic acids is 1. The quantitative estimate of drug-likeness (QED) is 0.575. The number of hydrogen-bond donors (Lipinski definition) is 0. The normalized spacial score (nSPS) is 17.3. The van der Waals surface area contributed by atoms with Crippen LogP contribution in [0.15, 0.2) is 59.7 Å². The highest BCUT2D eigenvalue weighted by atomic mass is 16.6. The predicted octanol–water partition coefficient (Wildman–Crippen LogP) is 2.35. The van der Waals surface area contributed by atoms with Gasteiger partial charge in [-0.05, 0) is 17.7 Å². The van der Waals surface area contributed by atoms with Crippen LogP contribution in [0.3, 0.4) is 0 Å². The molecule has 2 aromatic carbocycles. The van der Waals surface area contributed by atoms with Crippen LogP contribution in [-0.4, -0.2) is 65.7 Å². The van der Waals surface area contributed by atoms with E-state index in [1.54, 1.807) is 17.1 Å². The van der Waals surface area contributed by atoms with E-state index in [0.717, 1.165) is 49.6 Å². The van der Waals surface area contributed by atoms with Crippen molar-refractivity contribution in [1.29, 1.82) is 0 Å². The maximum atomic E-state index is 12.6. The average Bonchev–Trinajstić information content (AvgIpc) is 3.26. The topological polar surface area (TPSA) is 82.3 Å². The smallest absolute Gasteiger partial charge is 0.269 e. The van der Waals surface area contributed by atoms with Gasteiger partial charge >= 0.3 is 0 Å². The number of non-ortho nitro benzene ring substituents is 1. The summed E-state index contributed by atoms with van der Waals surface area (Å²) in [5.74, 6) is 0.0275. The van der Waals surface area contributed by atoms with Crippen molar-refractivity contribution in [2.24, 2.45) is 5.10 Å². The molecule has 4 rings (SSSR count). The van der Waals surface area contributed by atoms with E-state index >= 15 is 0 Å². The number of hydrazone groups is 1. The molecule has 1 saturated heterocycles. The molecule has 2 aliphatic rings. The first-order valence-electron chi connectivity index (χ1n) is 9.75. The standard InChI is InChI=1S/C21H23N5O3/c27-21(25-11-10-20(22-25)17-4-2-1-3-5-17)16-23-12-14-24(15-13-23)18-6-8-19(9-7-18)26(28)29/h1-9H,10-16H2. The molecule has 0 radical (unpaired) electrons. The Morgan fingerprint density at radius 1 is 0.966 bits per heavy atom. The molecule has 1 fully saturated rings. The molecule has 2 aliphatic heterocycles. The molecule has 0 aliphatic carbocycles. The third kappa shape index (κ3) is 4.43. The molecule has 1 amide bonds. The van der Waals surface area contributed by atoms with E-state index in [-0.39, 0.29) is 11.6 Å². The summed E-state index contributed by atoms with van der Waals surface area (Å²) >= 11 is 0. The average molecular weight is 393 g/mol. The molecule has 0 spiro atoms. The van der Waals surface area contributed by atoms with Crippen molar-refractivity contribution in [3.8, 4) is 0 Å². The molecule has 150 valence electrons. The van der Waals surface area contributed by atoms with Gasteiger partial charge in [-0.1, -0.05) is 30.3 Å². The highest BCUT2D eigenvalue weighted by Gasteiger charge is 2.25. The molecular weight excluding hydrogens is 370 g/mol. The minimum absolute atomic E-state index is 0.0275. The van der Waals surface area contributed by atoms with Gasteiger partial charge in [0.2, 0.25) is 0 Å². The summed E-state index contributed by atoms with van der Waals surface area (Å²) < 4.78 is 0. The Hall–Kier alpha value is -3.26. The minimum atomic E-state index is -0.391.